The van der Waals surface area contributed by atoms with Crippen LogP contribution in [0.3, 0.4) is 0 Å². The number of pyridine rings is 1. The van der Waals surface area contributed by atoms with Crippen LogP contribution in [0.2, 0.25) is 5.02 Å². The van der Waals surface area contributed by atoms with Crippen LogP contribution in [0.4, 0.5) is 0 Å². The number of halogens is 1. The average molecular weight is 317 g/mol. The average Bonchev–Trinajstić information content (AvgIpc) is 2.48. The molecule has 1 unspecified atom stereocenters. The standard InChI is InChI=1S/C17H17ClN2O2/c1-12(22-16-3-2-8-19-9-16)17(21)20-10-14(11-20)13-4-6-15(18)7-5-13/h2-9,12,14H,10-11H2,1H3. The highest BCUT2D eigenvalue weighted by molar-refractivity contribution is 6.30. The van der Waals surface area contributed by atoms with Gasteiger partial charge >= 0.3 is 0 Å². The zero-order chi connectivity index (χ0) is 15.5. The largest absolute Gasteiger partial charge is 0.479 e. The second kappa shape index (κ2) is 6.36. The molecule has 1 aromatic heterocycles. The molecule has 1 fully saturated rings. The van der Waals surface area contributed by atoms with Crippen molar-refractivity contribution >= 4 is 17.5 Å². The number of benzene rings is 1. The van der Waals surface area contributed by atoms with E-state index >= 15 is 0 Å². The second-order valence-electron chi connectivity index (χ2n) is 5.44. The number of amides is 1. The van der Waals surface area contributed by atoms with Gasteiger partial charge in [-0.1, -0.05) is 23.7 Å². The van der Waals surface area contributed by atoms with Gasteiger partial charge in [0.1, 0.15) is 5.75 Å². The van der Waals surface area contributed by atoms with Crippen molar-refractivity contribution in [3.05, 3.63) is 59.4 Å². The number of likely N-dealkylation sites (tertiary alicyclic amines) is 1. The lowest BCUT2D eigenvalue weighted by molar-refractivity contribution is -0.142. The maximum atomic E-state index is 12.3. The molecule has 1 amide bonds. The zero-order valence-corrected chi connectivity index (χ0v) is 13.0. The third-order valence-electron chi connectivity index (χ3n) is 3.83. The van der Waals surface area contributed by atoms with Crippen molar-refractivity contribution in [2.45, 2.75) is 18.9 Å². The molecule has 1 aromatic carbocycles. The Balaban J connectivity index is 1.53. The summed E-state index contributed by atoms with van der Waals surface area (Å²) in [5.41, 5.74) is 1.22. The first-order valence-corrected chi connectivity index (χ1v) is 7.62. The number of nitrogens with zero attached hydrogens (tertiary/aromatic N) is 2. The monoisotopic (exact) mass is 316 g/mol. The fourth-order valence-corrected chi connectivity index (χ4v) is 2.66. The van der Waals surface area contributed by atoms with E-state index in [9.17, 15) is 4.79 Å². The first-order chi connectivity index (χ1) is 10.6. The van der Waals surface area contributed by atoms with Gasteiger partial charge in [-0.2, -0.15) is 0 Å². The zero-order valence-electron chi connectivity index (χ0n) is 12.3. The van der Waals surface area contributed by atoms with E-state index in [1.807, 2.05) is 29.2 Å². The summed E-state index contributed by atoms with van der Waals surface area (Å²) in [6.07, 6.45) is 2.78. The van der Waals surface area contributed by atoms with Gasteiger partial charge in [0.15, 0.2) is 6.10 Å². The van der Waals surface area contributed by atoms with Gasteiger partial charge in [-0.15, -0.1) is 0 Å². The molecule has 0 saturated carbocycles. The van der Waals surface area contributed by atoms with Gasteiger partial charge in [0, 0.05) is 30.2 Å². The summed E-state index contributed by atoms with van der Waals surface area (Å²) in [4.78, 5) is 18.1. The van der Waals surface area contributed by atoms with E-state index in [4.69, 9.17) is 16.3 Å². The lowest BCUT2D eigenvalue weighted by atomic mass is 9.91. The van der Waals surface area contributed by atoms with E-state index in [-0.39, 0.29) is 5.91 Å². The molecule has 0 bridgehead atoms. The Morgan fingerprint density at radius 3 is 2.68 bits per heavy atom. The Bertz CT molecular complexity index is 639. The summed E-state index contributed by atoms with van der Waals surface area (Å²) in [5.74, 6) is 0.999. The third-order valence-corrected chi connectivity index (χ3v) is 4.08. The number of aromatic nitrogens is 1. The number of hydrogen-bond donors (Lipinski definition) is 0. The van der Waals surface area contributed by atoms with Crippen molar-refractivity contribution in [1.29, 1.82) is 0 Å². The highest BCUT2D eigenvalue weighted by atomic mass is 35.5. The van der Waals surface area contributed by atoms with Crippen LogP contribution in [0.15, 0.2) is 48.8 Å². The van der Waals surface area contributed by atoms with Crippen LogP contribution in [0.5, 0.6) is 5.75 Å². The molecular formula is C17H17ClN2O2. The molecule has 4 nitrogen and oxygen atoms in total. The molecule has 0 spiro atoms. The number of carbonyl (C=O) groups excluding carboxylic acids is 1. The third kappa shape index (κ3) is 3.22. The first-order valence-electron chi connectivity index (χ1n) is 7.24. The van der Waals surface area contributed by atoms with Crippen LogP contribution < -0.4 is 4.74 Å². The molecule has 0 radical (unpaired) electrons. The number of ether oxygens (including phenoxy) is 1. The van der Waals surface area contributed by atoms with Crippen molar-refractivity contribution in [2.24, 2.45) is 0 Å². The predicted molar refractivity (Wildman–Crippen MR) is 85.1 cm³/mol. The SMILES string of the molecule is CC(Oc1cccnc1)C(=O)N1CC(c2ccc(Cl)cc2)C1. The number of carbonyl (C=O) groups is 1. The lowest BCUT2D eigenvalue weighted by Gasteiger charge is -2.40. The second-order valence-corrected chi connectivity index (χ2v) is 5.88. The van der Waals surface area contributed by atoms with Crippen LogP contribution in [0.1, 0.15) is 18.4 Å². The quantitative estimate of drug-likeness (QED) is 0.870. The molecule has 2 heterocycles. The molecule has 1 saturated heterocycles. The van der Waals surface area contributed by atoms with Gasteiger partial charge in [-0.05, 0) is 36.8 Å². The van der Waals surface area contributed by atoms with Gasteiger partial charge < -0.3 is 9.64 Å². The fraction of sp³-hybridized carbons (Fsp3) is 0.294. The van der Waals surface area contributed by atoms with Crippen LogP contribution >= 0.6 is 11.6 Å². The molecule has 0 N–H and O–H groups in total. The number of hydrogen-bond acceptors (Lipinski definition) is 3. The molecule has 1 aliphatic rings. The van der Waals surface area contributed by atoms with Gasteiger partial charge in [0.05, 0.1) is 6.20 Å². The van der Waals surface area contributed by atoms with E-state index < -0.39 is 6.10 Å². The van der Waals surface area contributed by atoms with Crippen molar-refractivity contribution in [3.63, 3.8) is 0 Å². The van der Waals surface area contributed by atoms with Gasteiger partial charge in [0.25, 0.3) is 5.91 Å². The lowest BCUT2D eigenvalue weighted by Crippen LogP contribution is -2.52. The van der Waals surface area contributed by atoms with Gasteiger partial charge in [-0.3, -0.25) is 9.78 Å². The molecule has 114 valence electrons. The summed E-state index contributed by atoms with van der Waals surface area (Å²) in [6.45, 7) is 3.22. The van der Waals surface area contributed by atoms with Crippen LogP contribution in [0, 0.1) is 0 Å². The molecule has 2 aromatic rings. The van der Waals surface area contributed by atoms with Crippen LogP contribution in [0.25, 0.3) is 0 Å². The number of rotatable bonds is 4. The van der Waals surface area contributed by atoms with E-state index in [0.29, 0.717) is 11.7 Å². The molecular weight excluding hydrogens is 300 g/mol. The van der Waals surface area contributed by atoms with Crippen molar-refractivity contribution in [3.8, 4) is 5.75 Å². The van der Waals surface area contributed by atoms with E-state index in [2.05, 4.69) is 4.98 Å². The fourth-order valence-electron chi connectivity index (χ4n) is 2.53. The van der Waals surface area contributed by atoms with E-state index in [1.165, 1.54) is 5.56 Å². The topological polar surface area (TPSA) is 42.4 Å². The Kier molecular flexibility index (Phi) is 4.29. The molecule has 5 heteroatoms. The minimum atomic E-state index is -0.504. The van der Waals surface area contributed by atoms with Gasteiger partial charge in [-0.25, -0.2) is 0 Å². The minimum Gasteiger partial charge on any atom is -0.479 e. The Labute approximate surface area is 134 Å². The summed E-state index contributed by atoms with van der Waals surface area (Å²) < 4.78 is 5.62. The maximum Gasteiger partial charge on any atom is 0.263 e. The minimum absolute atomic E-state index is 0.00839. The summed E-state index contributed by atoms with van der Waals surface area (Å²) in [6, 6.07) is 11.4. The highest BCUT2D eigenvalue weighted by Gasteiger charge is 2.34. The van der Waals surface area contributed by atoms with E-state index in [1.54, 1.807) is 31.5 Å². The highest BCUT2D eigenvalue weighted by Crippen LogP contribution is 2.28. The maximum absolute atomic E-state index is 12.3. The molecule has 22 heavy (non-hydrogen) atoms. The summed E-state index contributed by atoms with van der Waals surface area (Å²) in [7, 11) is 0. The van der Waals surface area contributed by atoms with Crippen molar-refractivity contribution < 1.29 is 9.53 Å². The van der Waals surface area contributed by atoms with Crippen LogP contribution in [-0.2, 0) is 4.79 Å². The molecule has 3 rings (SSSR count). The molecule has 1 atom stereocenters. The van der Waals surface area contributed by atoms with Crippen molar-refractivity contribution in [1.82, 2.24) is 9.88 Å². The van der Waals surface area contributed by atoms with E-state index in [0.717, 1.165) is 18.1 Å². The Morgan fingerprint density at radius 2 is 2.05 bits per heavy atom. The normalized spacial score (nSPS) is 16.0. The van der Waals surface area contributed by atoms with Crippen LogP contribution in [-0.4, -0.2) is 35.0 Å². The summed E-state index contributed by atoms with van der Waals surface area (Å²) in [5, 5.41) is 0.731. The van der Waals surface area contributed by atoms with Crippen molar-refractivity contribution in [2.75, 3.05) is 13.1 Å². The molecule has 0 aliphatic carbocycles. The van der Waals surface area contributed by atoms with Gasteiger partial charge in [0.2, 0.25) is 0 Å². The Hall–Kier alpha value is -2.07. The Morgan fingerprint density at radius 1 is 1.32 bits per heavy atom. The molecule has 1 aliphatic heterocycles. The first kappa shape index (κ1) is 14.9. The smallest absolute Gasteiger partial charge is 0.263 e. The predicted octanol–water partition coefficient (Wildman–Crippen LogP) is 3.13. The summed E-state index contributed by atoms with van der Waals surface area (Å²) >= 11 is 5.89.